The first-order valence-electron chi connectivity index (χ1n) is 11.7. The summed E-state index contributed by atoms with van der Waals surface area (Å²) in [6.07, 6.45) is 5.27. The second-order valence-corrected chi connectivity index (χ2v) is 8.72. The molecule has 0 aliphatic rings. The van der Waals surface area contributed by atoms with E-state index in [1.54, 1.807) is 0 Å². The summed E-state index contributed by atoms with van der Waals surface area (Å²) >= 11 is 0. The lowest BCUT2D eigenvalue weighted by Gasteiger charge is -2.30. The molecule has 31 heavy (non-hydrogen) atoms. The Balaban J connectivity index is 1.80. The summed E-state index contributed by atoms with van der Waals surface area (Å²) in [6.45, 7) is 13.8. The highest BCUT2D eigenvalue weighted by Crippen LogP contribution is 2.28. The van der Waals surface area contributed by atoms with E-state index < -0.39 is 0 Å². The van der Waals surface area contributed by atoms with Gasteiger partial charge in [0.1, 0.15) is 0 Å². The van der Waals surface area contributed by atoms with Gasteiger partial charge in [0.2, 0.25) is 0 Å². The maximum absolute atomic E-state index is 3.83. The van der Waals surface area contributed by atoms with Gasteiger partial charge in [-0.2, -0.15) is 0 Å². The van der Waals surface area contributed by atoms with E-state index in [0.717, 1.165) is 13.0 Å². The fourth-order valence-electron chi connectivity index (χ4n) is 4.32. The Morgan fingerprint density at radius 1 is 0.806 bits per heavy atom. The van der Waals surface area contributed by atoms with Crippen molar-refractivity contribution in [3.63, 3.8) is 0 Å². The van der Waals surface area contributed by atoms with Gasteiger partial charge in [0, 0.05) is 18.3 Å². The second-order valence-electron chi connectivity index (χ2n) is 8.72. The predicted octanol–water partition coefficient (Wildman–Crippen LogP) is 8.40. The van der Waals surface area contributed by atoms with Gasteiger partial charge in [-0.3, -0.25) is 0 Å². The Hall–Kier alpha value is -2.80. The lowest BCUT2D eigenvalue weighted by atomic mass is 9.94. The van der Waals surface area contributed by atoms with Crippen LogP contribution < -0.4 is 4.90 Å². The van der Waals surface area contributed by atoms with Crippen LogP contribution in [0, 0.1) is 0 Å². The predicted molar refractivity (Wildman–Crippen MR) is 137 cm³/mol. The summed E-state index contributed by atoms with van der Waals surface area (Å²) in [5.74, 6) is 0.663. The van der Waals surface area contributed by atoms with Crippen LogP contribution >= 0.6 is 0 Å². The molecule has 0 fully saturated rings. The average molecular weight is 412 g/mol. The third kappa shape index (κ3) is 5.88. The zero-order chi connectivity index (χ0) is 22.2. The van der Waals surface area contributed by atoms with Gasteiger partial charge in [-0.05, 0) is 85.0 Å². The minimum atomic E-state index is 0.431. The van der Waals surface area contributed by atoms with Gasteiger partial charge in [0.05, 0.1) is 0 Å². The summed E-state index contributed by atoms with van der Waals surface area (Å²) < 4.78 is 0. The van der Waals surface area contributed by atoms with Crippen LogP contribution in [0.4, 0.5) is 5.69 Å². The molecule has 0 radical (unpaired) electrons. The van der Waals surface area contributed by atoms with Crippen molar-refractivity contribution in [3.8, 4) is 11.1 Å². The first-order valence-corrected chi connectivity index (χ1v) is 11.7. The molecule has 0 spiro atoms. The van der Waals surface area contributed by atoms with E-state index in [9.17, 15) is 0 Å². The summed E-state index contributed by atoms with van der Waals surface area (Å²) in [7, 11) is 0. The molecule has 0 amide bonds. The van der Waals surface area contributed by atoms with Crippen LogP contribution in [0.3, 0.4) is 0 Å². The van der Waals surface area contributed by atoms with Crippen LogP contribution in [0.2, 0.25) is 0 Å². The number of nitrogens with zero attached hydrogens (tertiary/aromatic N) is 1. The van der Waals surface area contributed by atoms with E-state index >= 15 is 0 Å². The lowest BCUT2D eigenvalue weighted by Crippen LogP contribution is -2.30. The molecule has 0 heterocycles. The summed E-state index contributed by atoms with van der Waals surface area (Å²) in [6, 6.07) is 27.5. The fraction of sp³-hybridized carbons (Fsp3) is 0.333. The number of benzene rings is 3. The van der Waals surface area contributed by atoms with E-state index in [2.05, 4.69) is 112 Å². The molecule has 0 bridgehead atoms. The molecule has 0 atom stereocenters. The maximum atomic E-state index is 3.83. The molecule has 1 nitrogen and oxygen atoms in total. The molecule has 0 aliphatic heterocycles. The van der Waals surface area contributed by atoms with Crippen molar-refractivity contribution >= 4 is 5.69 Å². The number of rotatable bonds is 10. The number of hydrogen-bond acceptors (Lipinski definition) is 1. The summed E-state index contributed by atoms with van der Waals surface area (Å²) in [4.78, 5) is 2.49. The van der Waals surface area contributed by atoms with E-state index in [1.165, 1.54) is 46.3 Å². The van der Waals surface area contributed by atoms with E-state index in [1.807, 2.05) is 6.08 Å². The Morgan fingerprint density at radius 3 is 2.06 bits per heavy atom. The summed E-state index contributed by atoms with van der Waals surface area (Å²) in [5, 5.41) is 0. The monoisotopic (exact) mass is 411 g/mol. The third-order valence-electron chi connectivity index (χ3n) is 6.25. The first kappa shape index (κ1) is 22.9. The zero-order valence-corrected chi connectivity index (χ0v) is 19.6. The molecule has 3 rings (SSSR count). The zero-order valence-electron chi connectivity index (χ0n) is 19.6. The highest BCUT2D eigenvalue weighted by atomic mass is 15.1. The number of anilines is 1. The molecule has 0 N–H and O–H groups in total. The van der Waals surface area contributed by atoms with Gasteiger partial charge in [0.15, 0.2) is 0 Å². The first-order chi connectivity index (χ1) is 15.0. The molecule has 3 aromatic rings. The standard InChI is InChI=1S/C30H37N/c1-6-10-24-13-15-28(16-14-24)29-12-9-11-25(21-29)22-31(23(4)5)30-19-17-27(18-20-30)26(7-2)8-3/h6,9,11-21,23,26H,1,7-8,10,22H2,2-5H3. The molecule has 3 aromatic carbocycles. The molecule has 162 valence electrons. The minimum absolute atomic E-state index is 0.431. The van der Waals surface area contributed by atoms with E-state index in [0.29, 0.717) is 12.0 Å². The number of hydrogen-bond donors (Lipinski definition) is 0. The van der Waals surface area contributed by atoms with Gasteiger partial charge in [-0.15, -0.1) is 6.58 Å². The van der Waals surface area contributed by atoms with Crippen molar-refractivity contribution in [1.82, 2.24) is 0 Å². The second kappa shape index (κ2) is 11.0. The SMILES string of the molecule is C=CCc1ccc(-c2cccc(CN(c3ccc(C(CC)CC)cc3)C(C)C)c2)cc1. The quantitative estimate of drug-likeness (QED) is 0.303. The molecule has 0 unspecified atom stereocenters. The molecule has 1 heteroatoms. The maximum Gasteiger partial charge on any atom is 0.0432 e. The summed E-state index contributed by atoms with van der Waals surface area (Å²) in [5.41, 5.74) is 7.93. The van der Waals surface area contributed by atoms with Crippen molar-refractivity contribution in [2.45, 2.75) is 65.5 Å². The van der Waals surface area contributed by atoms with Gasteiger partial charge in [-0.25, -0.2) is 0 Å². The molecule has 0 saturated carbocycles. The average Bonchev–Trinajstić information content (AvgIpc) is 2.80. The Kier molecular flexibility index (Phi) is 8.12. The van der Waals surface area contributed by atoms with Crippen molar-refractivity contribution in [2.24, 2.45) is 0 Å². The molecule has 0 aliphatic carbocycles. The molecular weight excluding hydrogens is 374 g/mol. The molecular formula is C30H37N. The smallest absolute Gasteiger partial charge is 0.0432 e. The molecule has 0 aromatic heterocycles. The van der Waals surface area contributed by atoms with Crippen LogP contribution in [0.5, 0.6) is 0 Å². The topological polar surface area (TPSA) is 3.24 Å². The van der Waals surface area contributed by atoms with Crippen molar-refractivity contribution < 1.29 is 0 Å². The lowest BCUT2D eigenvalue weighted by molar-refractivity contribution is 0.640. The van der Waals surface area contributed by atoms with Crippen LogP contribution in [-0.4, -0.2) is 6.04 Å². The van der Waals surface area contributed by atoms with Crippen molar-refractivity contribution in [1.29, 1.82) is 0 Å². The third-order valence-corrected chi connectivity index (χ3v) is 6.25. The van der Waals surface area contributed by atoms with Crippen LogP contribution in [-0.2, 0) is 13.0 Å². The highest BCUT2D eigenvalue weighted by molar-refractivity contribution is 5.65. The van der Waals surface area contributed by atoms with Crippen LogP contribution in [0.15, 0.2) is 85.5 Å². The Labute approximate surface area is 189 Å². The molecule has 0 saturated heterocycles. The largest absolute Gasteiger partial charge is 0.365 e. The Morgan fingerprint density at radius 2 is 1.48 bits per heavy atom. The van der Waals surface area contributed by atoms with Gasteiger partial charge in [-0.1, -0.05) is 74.5 Å². The van der Waals surface area contributed by atoms with Gasteiger partial charge in [0.25, 0.3) is 0 Å². The van der Waals surface area contributed by atoms with Crippen molar-refractivity contribution in [2.75, 3.05) is 4.90 Å². The highest BCUT2D eigenvalue weighted by Gasteiger charge is 2.13. The van der Waals surface area contributed by atoms with Gasteiger partial charge >= 0.3 is 0 Å². The van der Waals surface area contributed by atoms with Crippen molar-refractivity contribution in [3.05, 3.63) is 102 Å². The number of allylic oxidation sites excluding steroid dienone is 1. The van der Waals surface area contributed by atoms with E-state index in [-0.39, 0.29) is 0 Å². The normalized spacial score (nSPS) is 11.2. The van der Waals surface area contributed by atoms with E-state index in [4.69, 9.17) is 0 Å². The van der Waals surface area contributed by atoms with Crippen LogP contribution in [0.1, 0.15) is 63.1 Å². The fourth-order valence-corrected chi connectivity index (χ4v) is 4.32. The van der Waals surface area contributed by atoms with Gasteiger partial charge < -0.3 is 4.90 Å². The Bertz CT molecular complexity index is 946. The van der Waals surface area contributed by atoms with Crippen LogP contribution in [0.25, 0.3) is 11.1 Å². The minimum Gasteiger partial charge on any atom is -0.365 e.